The average Bonchev–Trinajstić information content (AvgIpc) is 3.54. The molecule has 0 spiro atoms. The molecule has 268 valence electrons. The summed E-state index contributed by atoms with van der Waals surface area (Å²) in [7, 11) is 1.62. The van der Waals surface area contributed by atoms with E-state index in [1.807, 2.05) is 24.3 Å². The number of rotatable bonds is 14. The van der Waals surface area contributed by atoms with E-state index in [9.17, 15) is 41.0 Å². The first-order valence-corrected chi connectivity index (χ1v) is 16.0. The number of fused-ring (bicyclic) bond motifs is 1. The number of aliphatic hydroxyl groups is 1. The highest BCUT2D eigenvalue weighted by Crippen LogP contribution is 2.50. The van der Waals surface area contributed by atoms with Gasteiger partial charge in [0, 0.05) is 19.2 Å². The number of carbonyl (C=O) groups is 2. The number of amides is 2. The van der Waals surface area contributed by atoms with Crippen molar-refractivity contribution < 1.29 is 50.5 Å². The predicted molar refractivity (Wildman–Crippen MR) is 173 cm³/mol. The molecule has 49 heavy (non-hydrogen) atoms. The van der Waals surface area contributed by atoms with Gasteiger partial charge in [0.2, 0.25) is 19.6 Å². The number of ether oxygens (including phenoxy) is 2. The highest BCUT2D eigenvalue weighted by atomic mass is 19.4. The van der Waals surface area contributed by atoms with Crippen molar-refractivity contribution in [3.8, 4) is 22.6 Å². The van der Waals surface area contributed by atoms with Crippen molar-refractivity contribution in [2.45, 2.75) is 82.8 Å². The third kappa shape index (κ3) is 8.86. The number of aryl methyl sites for hydroxylation is 1. The maximum absolute atomic E-state index is 13.3. The van der Waals surface area contributed by atoms with Crippen molar-refractivity contribution in [1.29, 1.82) is 0 Å². The minimum atomic E-state index is -5.93. The summed E-state index contributed by atoms with van der Waals surface area (Å²) >= 11 is 0. The normalized spacial score (nSPS) is 13.9. The van der Waals surface area contributed by atoms with Gasteiger partial charge < -0.3 is 24.8 Å². The minimum absolute atomic E-state index is 0.229. The van der Waals surface area contributed by atoms with Crippen LogP contribution < -0.4 is 14.8 Å². The van der Waals surface area contributed by atoms with Crippen molar-refractivity contribution in [3.63, 3.8) is 0 Å². The summed E-state index contributed by atoms with van der Waals surface area (Å²) in [5.74, 6) is 1.53. The molecule has 0 saturated heterocycles. The molecule has 4 rings (SSSR count). The van der Waals surface area contributed by atoms with E-state index in [0.29, 0.717) is 43.0 Å². The molecule has 3 aromatic rings. The van der Waals surface area contributed by atoms with Crippen molar-refractivity contribution in [2.75, 3.05) is 20.4 Å². The number of alkyl halides is 6. The number of carbonyl (C=O) groups excluding carboxylic acids is 2. The summed E-state index contributed by atoms with van der Waals surface area (Å²) in [6, 6.07) is 15.6. The summed E-state index contributed by atoms with van der Waals surface area (Å²) in [6.07, 6.45) is -6.39. The molecule has 0 fully saturated rings. The Morgan fingerprint density at radius 3 is 2.10 bits per heavy atom. The fourth-order valence-corrected chi connectivity index (χ4v) is 5.83. The second kappa shape index (κ2) is 16.4. The number of nitrogens with one attached hydrogen (secondary N) is 1. The molecule has 0 bridgehead atoms. The fourth-order valence-electron chi connectivity index (χ4n) is 5.83. The molecule has 1 aliphatic heterocycles. The molecule has 3 aromatic carbocycles. The molecule has 2 amide bonds. The molecule has 1 aliphatic rings. The quantitative estimate of drug-likeness (QED) is 0.133. The number of nitrogens with zero attached hydrogens (tertiary/aromatic N) is 1. The lowest BCUT2D eigenvalue weighted by molar-refractivity contribution is -0.376. The second-order valence-corrected chi connectivity index (χ2v) is 11.9. The number of hydrogen-bond donors (Lipinski definition) is 2. The maximum atomic E-state index is 13.3. The average molecular weight is 697 g/mol. The summed E-state index contributed by atoms with van der Waals surface area (Å²) < 4.78 is 90.3. The van der Waals surface area contributed by atoms with Crippen molar-refractivity contribution >= 4 is 12.8 Å². The third-order valence-electron chi connectivity index (χ3n) is 8.57. The first-order chi connectivity index (χ1) is 23.1. The fraction of sp³-hybridized carbons (Fsp3) is 0.444. The van der Waals surface area contributed by atoms with E-state index in [-0.39, 0.29) is 24.3 Å². The summed E-state index contributed by atoms with van der Waals surface area (Å²) in [5.41, 5.74) is -3.20. The number of hydrogen-bond acceptors (Lipinski definition) is 5. The van der Waals surface area contributed by atoms with Gasteiger partial charge in [0.25, 0.3) is 5.60 Å². The molecular formula is C36H42F6N2O5. The molecule has 0 aromatic heterocycles. The van der Waals surface area contributed by atoms with Gasteiger partial charge in [-0.1, -0.05) is 82.1 Å². The SMILES string of the molecule is CCCC(CC)(NC=O)c1ccc2c(c1)OCO2.CCCc1cc(C(O)(C(F)(F)F)C(F)(F)F)ccc1-c1cccc(CCN(C)C=O)c1. The smallest absolute Gasteiger partial charge is 0.430 e. The standard InChI is InChI=1S/C22H23F6NO2.C14H19NO3/c1-3-5-16-13-18(20(31,21(23,24)25)22(26,27)28)8-9-19(16)17-7-4-6-15(12-17)10-11-29(2)14-30;1-3-7-14(4-2,15-9-16)11-5-6-12-13(8-11)18-10-17-12/h4,6-9,12-14,31H,3,5,10-11H2,1-2H3;5-6,8-9H,3-4,7,10H2,1-2H3,(H,15,16). The zero-order chi connectivity index (χ0) is 36.5. The maximum Gasteiger partial charge on any atom is 0.430 e. The van der Waals surface area contributed by atoms with Gasteiger partial charge in [-0.15, -0.1) is 0 Å². The van der Waals surface area contributed by atoms with E-state index >= 15 is 0 Å². The van der Waals surface area contributed by atoms with Gasteiger partial charge in [-0.25, -0.2) is 0 Å². The summed E-state index contributed by atoms with van der Waals surface area (Å²) in [6.45, 7) is 6.67. The Morgan fingerprint density at radius 1 is 0.837 bits per heavy atom. The van der Waals surface area contributed by atoms with E-state index in [1.54, 1.807) is 32.2 Å². The zero-order valence-electron chi connectivity index (χ0n) is 27.9. The Balaban J connectivity index is 0.000000305. The largest absolute Gasteiger partial charge is 0.454 e. The van der Waals surface area contributed by atoms with Crippen LogP contribution in [0.3, 0.4) is 0 Å². The van der Waals surface area contributed by atoms with E-state index in [1.165, 1.54) is 11.0 Å². The van der Waals surface area contributed by atoms with Crippen molar-refractivity contribution in [2.24, 2.45) is 0 Å². The van der Waals surface area contributed by atoms with E-state index in [4.69, 9.17) is 9.47 Å². The van der Waals surface area contributed by atoms with Crippen LogP contribution >= 0.6 is 0 Å². The number of halogens is 6. The van der Waals surface area contributed by atoms with Crippen molar-refractivity contribution in [3.05, 3.63) is 82.9 Å². The van der Waals surface area contributed by atoms with Crippen LogP contribution in [0.25, 0.3) is 11.1 Å². The first kappa shape index (κ1) is 39.2. The molecule has 2 N–H and O–H groups in total. The van der Waals surface area contributed by atoms with E-state index in [2.05, 4.69) is 19.2 Å². The van der Waals surface area contributed by atoms with Crippen LogP contribution in [0, 0.1) is 0 Å². The zero-order valence-corrected chi connectivity index (χ0v) is 27.9. The van der Waals surface area contributed by atoms with Gasteiger partial charge in [-0.05, 0) is 65.6 Å². The predicted octanol–water partition coefficient (Wildman–Crippen LogP) is 7.82. The Morgan fingerprint density at radius 2 is 1.51 bits per heavy atom. The van der Waals surface area contributed by atoms with Crippen molar-refractivity contribution in [1.82, 2.24) is 10.2 Å². The Bertz CT molecular complexity index is 1550. The van der Waals surface area contributed by atoms with Crippen LogP contribution in [0.2, 0.25) is 0 Å². The highest BCUT2D eigenvalue weighted by molar-refractivity contribution is 5.69. The third-order valence-corrected chi connectivity index (χ3v) is 8.57. The second-order valence-electron chi connectivity index (χ2n) is 11.9. The molecule has 1 heterocycles. The van der Waals surface area contributed by atoms with Crippen LogP contribution in [0.1, 0.15) is 68.7 Å². The monoisotopic (exact) mass is 696 g/mol. The van der Waals surface area contributed by atoms with Gasteiger partial charge in [0.15, 0.2) is 11.5 Å². The molecule has 0 saturated carbocycles. The molecular weight excluding hydrogens is 654 g/mol. The highest BCUT2D eigenvalue weighted by Gasteiger charge is 2.71. The van der Waals surface area contributed by atoms with Crippen LogP contribution in [0.4, 0.5) is 26.3 Å². The lowest BCUT2D eigenvalue weighted by atomic mass is 9.83. The minimum Gasteiger partial charge on any atom is -0.454 e. The van der Waals surface area contributed by atoms with E-state index in [0.717, 1.165) is 54.4 Å². The Hall–Kier alpha value is -4.26. The first-order valence-electron chi connectivity index (χ1n) is 16.0. The molecule has 0 radical (unpaired) electrons. The molecule has 0 aliphatic carbocycles. The lowest BCUT2D eigenvalue weighted by Gasteiger charge is -2.33. The molecule has 1 atom stereocenters. The van der Waals surface area contributed by atoms with Gasteiger partial charge >= 0.3 is 12.4 Å². The van der Waals surface area contributed by atoms with Gasteiger partial charge in [-0.3, -0.25) is 9.59 Å². The van der Waals surface area contributed by atoms with Crippen LogP contribution in [-0.2, 0) is 33.6 Å². The number of likely N-dealkylation sites (N-methyl/N-ethyl adjacent to an activating group) is 1. The molecule has 13 heteroatoms. The Kier molecular flexibility index (Phi) is 13.1. The van der Waals surface area contributed by atoms with Gasteiger partial charge in [0.05, 0.1) is 5.54 Å². The van der Waals surface area contributed by atoms with Gasteiger partial charge in [0.1, 0.15) is 0 Å². The summed E-state index contributed by atoms with van der Waals surface area (Å²) in [5, 5.41) is 12.7. The van der Waals surface area contributed by atoms with Crippen LogP contribution in [0.15, 0.2) is 60.7 Å². The summed E-state index contributed by atoms with van der Waals surface area (Å²) in [4.78, 5) is 23.1. The molecule has 7 nitrogen and oxygen atoms in total. The number of benzene rings is 3. The molecule has 1 unspecified atom stereocenters. The topological polar surface area (TPSA) is 88.1 Å². The van der Waals surface area contributed by atoms with E-state index < -0.39 is 23.5 Å². The Labute approximate surface area is 282 Å². The van der Waals surface area contributed by atoms with Gasteiger partial charge in [-0.2, -0.15) is 26.3 Å². The van der Waals surface area contributed by atoms with Crippen LogP contribution in [-0.4, -0.2) is 55.6 Å². The van der Waals surface area contributed by atoms with Crippen LogP contribution in [0.5, 0.6) is 11.5 Å². The lowest BCUT2D eigenvalue weighted by Crippen LogP contribution is -2.53.